The van der Waals surface area contributed by atoms with Crippen molar-refractivity contribution < 1.29 is 13.4 Å². The first kappa shape index (κ1) is 14.3. The van der Waals surface area contributed by atoms with E-state index < -0.39 is 0 Å². The van der Waals surface area contributed by atoms with E-state index in [1.165, 1.54) is 12.1 Å². The van der Waals surface area contributed by atoms with E-state index in [0.29, 0.717) is 18.1 Å². The summed E-state index contributed by atoms with van der Waals surface area (Å²) >= 11 is 0. The Morgan fingerprint density at radius 3 is 2.29 bits per heavy atom. The molecule has 0 atom stereocenters. The molecule has 4 aromatic rings. The third-order valence-electron chi connectivity index (χ3n) is 3.38. The van der Waals surface area contributed by atoms with Crippen molar-refractivity contribution in [3.63, 3.8) is 0 Å². The van der Waals surface area contributed by atoms with Crippen LogP contribution in [0.25, 0.3) is 23.2 Å². The third-order valence-corrected chi connectivity index (χ3v) is 3.38. The van der Waals surface area contributed by atoms with E-state index in [2.05, 4.69) is 20.3 Å². The number of rotatable bonds is 4. The van der Waals surface area contributed by atoms with Gasteiger partial charge in [-0.25, -0.2) is 4.39 Å². The van der Waals surface area contributed by atoms with Gasteiger partial charge < -0.3 is 9.05 Å². The number of halogens is 1. The van der Waals surface area contributed by atoms with Crippen LogP contribution < -0.4 is 0 Å². The molecule has 0 saturated heterocycles. The number of benzene rings is 2. The molecule has 0 unspecified atom stereocenters. The average Bonchev–Trinajstić information content (AvgIpc) is 3.27. The second-order valence-electron chi connectivity index (χ2n) is 5.11. The molecule has 6 nitrogen and oxygen atoms in total. The highest BCUT2D eigenvalue weighted by Gasteiger charge is 2.17. The molecule has 0 saturated carbocycles. The molecule has 0 N–H and O–H groups in total. The van der Waals surface area contributed by atoms with Gasteiger partial charge in [0.2, 0.25) is 5.82 Å². The third kappa shape index (κ3) is 2.91. The summed E-state index contributed by atoms with van der Waals surface area (Å²) in [6, 6.07) is 15.6. The molecule has 2 heterocycles. The van der Waals surface area contributed by atoms with Crippen molar-refractivity contribution in [2.75, 3.05) is 0 Å². The lowest BCUT2D eigenvalue weighted by atomic mass is 10.1. The number of nitrogens with zero attached hydrogens (tertiary/aromatic N) is 4. The lowest BCUT2D eigenvalue weighted by molar-refractivity contribution is 0.380. The zero-order valence-corrected chi connectivity index (χ0v) is 12.4. The van der Waals surface area contributed by atoms with Crippen LogP contribution in [0.1, 0.15) is 11.4 Å². The number of hydrogen-bond donors (Lipinski definition) is 0. The summed E-state index contributed by atoms with van der Waals surface area (Å²) < 4.78 is 23.3. The van der Waals surface area contributed by atoms with E-state index >= 15 is 0 Å². The molecule has 0 fully saturated rings. The van der Waals surface area contributed by atoms with Crippen molar-refractivity contribution in [3.8, 4) is 23.2 Å². The van der Waals surface area contributed by atoms with E-state index in [-0.39, 0.29) is 17.6 Å². The second kappa shape index (κ2) is 6.04. The molecule has 0 aliphatic heterocycles. The van der Waals surface area contributed by atoms with Crippen molar-refractivity contribution in [3.05, 3.63) is 71.8 Å². The lowest BCUT2D eigenvalue weighted by Gasteiger charge is -1.95. The van der Waals surface area contributed by atoms with E-state index in [1.54, 1.807) is 12.1 Å². The Balaban J connectivity index is 1.55. The minimum Gasteiger partial charge on any atom is -0.329 e. The highest BCUT2D eigenvalue weighted by molar-refractivity contribution is 5.55. The molecule has 2 aromatic heterocycles. The van der Waals surface area contributed by atoms with Crippen molar-refractivity contribution >= 4 is 0 Å². The fourth-order valence-corrected chi connectivity index (χ4v) is 2.21. The molecule has 0 aliphatic rings. The Bertz CT molecular complexity index is 948. The van der Waals surface area contributed by atoms with Crippen LogP contribution in [0.4, 0.5) is 4.39 Å². The Hall–Kier alpha value is -3.35. The summed E-state index contributed by atoms with van der Waals surface area (Å²) in [5.74, 6) is 0.931. The molecule has 0 amide bonds. The van der Waals surface area contributed by atoms with Crippen LogP contribution >= 0.6 is 0 Å². The maximum atomic E-state index is 12.9. The van der Waals surface area contributed by atoms with Crippen LogP contribution in [0.3, 0.4) is 0 Å². The van der Waals surface area contributed by atoms with E-state index in [4.69, 9.17) is 9.05 Å². The van der Waals surface area contributed by atoms with Gasteiger partial charge in [-0.05, 0) is 17.7 Å². The highest BCUT2D eigenvalue weighted by Crippen LogP contribution is 2.21. The summed E-state index contributed by atoms with van der Waals surface area (Å²) in [6.45, 7) is 0. The van der Waals surface area contributed by atoms with Gasteiger partial charge in [0.05, 0.1) is 0 Å². The van der Waals surface area contributed by atoms with Gasteiger partial charge in [-0.1, -0.05) is 52.8 Å². The molecule has 0 radical (unpaired) electrons. The molecule has 0 bridgehead atoms. The summed E-state index contributed by atoms with van der Waals surface area (Å²) in [6.07, 6.45) is 0.420. The topological polar surface area (TPSA) is 77.8 Å². The molecule has 7 heteroatoms. The van der Waals surface area contributed by atoms with Gasteiger partial charge in [-0.3, -0.25) is 0 Å². The van der Waals surface area contributed by atoms with Crippen LogP contribution in [0, 0.1) is 5.82 Å². The van der Waals surface area contributed by atoms with Crippen molar-refractivity contribution in [1.29, 1.82) is 0 Å². The van der Waals surface area contributed by atoms with Gasteiger partial charge in [0.15, 0.2) is 5.82 Å². The molecule has 4 rings (SSSR count). The largest absolute Gasteiger partial charge is 0.329 e. The first-order valence-corrected chi connectivity index (χ1v) is 7.24. The Labute approximate surface area is 136 Å². The van der Waals surface area contributed by atoms with E-state index in [9.17, 15) is 4.39 Å². The second-order valence-corrected chi connectivity index (χ2v) is 5.11. The Morgan fingerprint density at radius 2 is 1.50 bits per heavy atom. The van der Waals surface area contributed by atoms with Crippen LogP contribution in [-0.4, -0.2) is 20.3 Å². The highest BCUT2D eigenvalue weighted by atomic mass is 19.1. The fraction of sp³-hybridized carbons (Fsp3) is 0.0588. The minimum absolute atomic E-state index is 0.154. The molecule has 24 heavy (non-hydrogen) atoms. The van der Waals surface area contributed by atoms with Crippen LogP contribution in [0.2, 0.25) is 0 Å². The number of aromatic nitrogens is 4. The SMILES string of the molecule is Fc1ccc(Cc2noc(-c3nc(-c4ccccc4)no3)n2)cc1. The molecule has 0 aliphatic carbocycles. The summed E-state index contributed by atoms with van der Waals surface area (Å²) in [7, 11) is 0. The maximum Gasteiger partial charge on any atom is 0.316 e. The summed E-state index contributed by atoms with van der Waals surface area (Å²) in [5, 5.41) is 7.79. The quantitative estimate of drug-likeness (QED) is 0.572. The molecule has 118 valence electrons. The zero-order chi connectivity index (χ0) is 16.4. The maximum absolute atomic E-state index is 12.9. The fourth-order valence-electron chi connectivity index (χ4n) is 2.21. The monoisotopic (exact) mass is 322 g/mol. The van der Waals surface area contributed by atoms with Gasteiger partial charge in [-0.15, -0.1) is 0 Å². The van der Waals surface area contributed by atoms with Gasteiger partial charge in [0.1, 0.15) is 5.82 Å². The molecular formula is C17H11FN4O2. The van der Waals surface area contributed by atoms with Crippen molar-refractivity contribution in [2.45, 2.75) is 6.42 Å². The summed E-state index contributed by atoms with van der Waals surface area (Å²) in [5.41, 5.74) is 1.71. The predicted molar refractivity (Wildman–Crippen MR) is 82.2 cm³/mol. The van der Waals surface area contributed by atoms with Crippen LogP contribution in [-0.2, 0) is 6.42 Å². The van der Waals surface area contributed by atoms with Gasteiger partial charge in [0.25, 0.3) is 0 Å². The Kier molecular flexibility index (Phi) is 3.59. The predicted octanol–water partition coefficient (Wildman–Crippen LogP) is 3.52. The van der Waals surface area contributed by atoms with Crippen LogP contribution in [0.5, 0.6) is 0 Å². The minimum atomic E-state index is -0.285. The average molecular weight is 322 g/mol. The first-order valence-electron chi connectivity index (χ1n) is 7.24. The van der Waals surface area contributed by atoms with Crippen LogP contribution in [0.15, 0.2) is 63.6 Å². The normalized spacial score (nSPS) is 10.9. The van der Waals surface area contributed by atoms with Gasteiger partial charge in [-0.2, -0.15) is 9.97 Å². The molecule has 2 aromatic carbocycles. The standard InChI is InChI=1S/C17H11FN4O2/c18-13-8-6-11(7-9-13)10-14-19-16(23-21-14)17-20-15(22-24-17)12-4-2-1-3-5-12/h1-9H,10H2. The smallest absolute Gasteiger partial charge is 0.316 e. The van der Waals surface area contributed by atoms with Gasteiger partial charge in [0, 0.05) is 12.0 Å². The zero-order valence-electron chi connectivity index (χ0n) is 12.4. The number of hydrogen-bond acceptors (Lipinski definition) is 6. The first-order chi connectivity index (χ1) is 11.8. The molecule has 0 spiro atoms. The lowest BCUT2D eigenvalue weighted by Crippen LogP contribution is -1.91. The Morgan fingerprint density at radius 1 is 0.792 bits per heavy atom. The molecular weight excluding hydrogens is 311 g/mol. The van der Waals surface area contributed by atoms with Crippen molar-refractivity contribution in [2.24, 2.45) is 0 Å². The van der Waals surface area contributed by atoms with Gasteiger partial charge >= 0.3 is 11.8 Å². The van der Waals surface area contributed by atoms with E-state index in [0.717, 1.165) is 11.1 Å². The van der Waals surface area contributed by atoms with E-state index in [1.807, 2.05) is 30.3 Å². The van der Waals surface area contributed by atoms with Crippen molar-refractivity contribution in [1.82, 2.24) is 20.3 Å². The summed E-state index contributed by atoms with van der Waals surface area (Å²) in [4.78, 5) is 8.50.